The molecule has 39 heavy (non-hydrogen) atoms. The van der Waals surface area contributed by atoms with Crippen LogP contribution >= 0.6 is 0 Å². The highest BCUT2D eigenvalue weighted by molar-refractivity contribution is 6.51. The van der Waals surface area contributed by atoms with Crippen molar-refractivity contribution in [2.75, 3.05) is 29.5 Å². The second kappa shape index (κ2) is 12.7. The first kappa shape index (κ1) is 28.0. The molecule has 0 aromatic heterocycles. The predicted octanol–water partition coefficient (Wildman–Crippen LogP) is 7.04. The molecule has 6 heteroatoms. The number of carbonyl (C=O) groups is 2. The fourth-order valence-corrected chi connectivity index (χ4v) is 5.11. The van der Waals surface area contributed by atoms with Gasteiger partial charge in [-0.15, -0.1) is 0 Å². The van der Waals surface area contributed by atoms with Gasteiger partial charge in [0.05, 0.1) is 18.2 Å². The molecule has 1 heterocycles. The zero-order chi connectivity index (χ0) is 27.9. The van der Waals surface area contributed by atoms with Gasteiger partial charge in [0.2, 0.25) is 0 Å². The van der Waals surface area contributed by atoms with Crippen LogP contribution in [0.2, 0.25) is 0 Å². The Labute approximate surface area is 231 Å². The van der Waals surface area contributed by atoms with Gasteiger partial charge in [0.25, 0.3) is 11.7 Å². The molecule has 0 radical (unpaired) electrons. The minimum Gasteiger partial charge on any atom is -0.507 e. The van der Waals surface area contributed by atoms with Crippen molar-refractivity contribution in [3.8, 4) is 5.75 Å². The monoisotopic (exact) mass is 526 g/mol. The SMILES string of the molecule is CCCCCOc1ccc(/C(O)=C2\C(=O)C(=O)N(c3ccc(N(CC)CC)cc3)C2c2ccccc2C)cc1. The number of nitrogens with zero attached hydrogens (tertiary/aromatic N) is 2. The van der Waals surface area contributed by atoms with Gasteiger partial charge in [-0.2, -0.15) is 0 Å². The number of hydrogen-bond acceptors (Lipinski definition) is 5. The largest absolute Gasteiger partial charge is 0.507 e. The highest BCUT2D eigenvalue weighted by Gasteiger charge is 2.47. The highest BCUT2D eigenvalue weighted by atomic mass is 16.5. The van der Waals surface area contributed by atoms with E-state index in [1.807, 2.05) is 55.5 Å². The lowest BCUT2D eigenvalue weighted by atomic mass is 9.92. The Morgan fingerprint density at radius 1 is 0.897 bits per heavy atom. The van der Waals surface area contributed by atoms with Crippen molar-refractivity contribution in [1.29, 1.82) is 0 Å². The van der Waals surface area contributed by atoms with E-state index in [0.717, 1.165) is 49.2 Å². The van der Waals surface area contributed by atoms with E-state index < -0.39 is 17.7 Å². The van der Waals surface area contributed by atoms with E-state index in [-0.39, 0.29) is 11.3 Å². The molecule has 1 N–H and O–H groups in total. The van der Waals surface area contributed by atoms with Crippen LogP contribution in [-0.4, -0.2) is 36.5 Å². The van der Waals surface area contributed by atoms with Crippen LogP contribution < -0.4 is 14.5 Å². The van der Waals surface area contributed by atoms with E-state index in [2.05, 4.69) is 25.7 Å². The van der Waals surface area contributed by atoms with E-state index in [1.165, 1.54) is 4.90 Å². The number of hydrogen-bond donors (Lipinski definition) is 1. The second-order valence-electron chi connectivity index (χ2n) is 9.79. The van der Waals surface area contributed by atoms with Crippen molar-refractivity contribution in [3.63, 3.8) is 0 Å². The van der Waals surface area contributed by atoms with E-state index >= 15 is 0 Å². The topological polar surface area (TPSA) is 70.1 Å². The third-order valence-corrected chi connectivity index (χ3v) is 7.33. The van der Waals surface area contributed by atoms with Gasteiger partial charge in [0.15, 0.2) is 0 Å². The summed E-state index contributed by atoms with van der Waals surface area (Å²) in [6, 6.07) is 21.6. The third kappa shape index (κ3) is 5.85. The van der Waals surface area contributed by atoms with Crippen LogP contribution in [0.4, 0.5) is 11.4 Å². The molecule has 4 rings (SSSR count). The van der Waals surface area contributed by atoms with Crippen molar-refractivity contribution >= 4 is 28.8 Å². The Balaban J connectivity index is 1.75. The Morgan fingerprint density at radius 3 is 2.18 bits per heavy atom. The lowest BCUT2D eigenvalue weighted by molar-refractivity contribution is -0.132. The molecular formula is C33H38N2O4. The summed E-state index contributed by atoms with van der Waals surface area (Å²) in [5.41, 5.74) is 3.92. The van der Waals surface area contributed by atoms with E-state index in [9.17, 15) is 14.7 Å². The van der Waals surface area contributed by atoms with Crippen LogP contribution in [0.25, 0.3) is 5.76 Å². The molecule has 0 bridgehead atoms. The standard InChI is InChI=1S/C33H38N2O4/c1-5-8-11-22-39-27-20-14-24(15-21-27)31(36)29-30(28-13-10-9-12-23(28)4)35(33(38)32(29)37)26-18-16-25(17-19-26)34(6-2)7-3/h9-10,12-21,30,36H,5-8,11,22H2,1-4H3/b31-29+. The number of benzene rings is 3. The number of anilines is 2. The molecule has 3 aromatic rings. The first-order valence-corrected chi connectivity index (χ1v) is 13.9. The van der Waals surface area contributed by atoms with Crippen molar-refractivity contribution < 1.29 is 19.4 Å². The predicted molar refractivity (Wildman–Crippen MR) is 157 cm³/mol. The number of ether oxygens (including phenoxy) is 1. The first-order chi connectivity index (χ1) is 18.9. The summed E-state index contributed by atoms with van der Waals surface area (Å²) in [5, 5.41) is 11.4. The van der Waals surface area contributed by atoms with Gasteiger partial charge in [-0.25, -0.2) is 0 Å². The average molecular weight is 527 g/mol. The Kier molecular flexibility index (Phi) is 9.07. The van der Waals surface area contributed by atoms with E-state index in [4.69, 9.17) is 4.74 Å². The molecule has 6 nitrogen and oxygen atoms in total. The molecular weight excluding hydrogens is 488 g/mol. The summed E-state index contributed by atoms with van der Waals surface area (Å²) in [7, 11) is 0. The highest BCUT2D eigenvalue weighted by Crippen LogP contribution is 2.43. The summed E-state index contributed by atoms with van der Waals surface area (Å²) < 4.78 is 5.80. The van der Waals surface area contributed by atoms with Crippen LogP contribution in [0.15, 0.2) is 78.4 Å². The summed E-state index contributed by atoms with van der Waals surface area (Å²) in [6.07, 6.45) is 3.21. The molecule has 1 aliphatic rings. The number of aryl methyl sites for hydroxylation is 1. The van der Waals surface area contributed by atoms with Gasteiger partial charge in [-0.3, -0.25) is 14.5 Å². The summed E-state index contributed by atoms with van der Waals surface area (Å²) >= 11 is 0. The maximum atomic E-state index is 13.5. The number of rotatable bonds is 11. The van der Waals surface area contributed by atoms with Gasteiger partial charge in [0.1, 0.15) is 11.5 Å². The van der Waals surface area contributed by atoms with E-state index in [1.54, 1.807) is 24.3 Å². The Bertz CT molecular complexity index is 1320. The van der Waals surface area contributed by atoms with Gasteiger partial charge in [-0.1, -0.05) is 44.0 Å². The molecule has 1 saturated heterocycles. The average Bonchev–Trinajstić information content (AvgIpc) is 3.22. The number of unbranched alkanes of at least 4 members (excludes halogenated alkanes) is 2. The van der Waals surface area contributed by atoms with Crippen molar-refractivity contribution in [2.24, 2.45) is 0 Å². The first-order valence-electron chi connectivity index (χ1n) is 13.9. The van der Waals surface area contributed by atoms with Gasteiger partial charge < -0.3 is 14.7 Å². The molecule has 1 unspecified atom stereocenters. The van der Waals surface area contributed by atoms with Gasteiger partial charge in [-0.05, 0) is 86.8 Å². The number of ketones is 1. The van der Waals surface area contributed by atoms with Gasteiger partial charge >= 0.3 is 0 Å². The molecule has 204 valence electrons. The number of carbonyl (C=O) groups excluding carboxylic acids is 2. The minimum atomic E-state index is -0.754. The van der Waals surface area contributed by atoms with Crippen molar-refractivity contribution in [2.45, 2.75) is 53.0 Å². The third-order valence-electron chi connectivity index (χ3n) is 7.33. The Morgan fingerprint density at radius 2 is 1.56 bits per heavy atom. The number of aliphatic hydroxyl groups excluding tert-OH is 1. The second-order valence-corrected chi connectivity index (χ2v) is 9.79. The molecule has 1 aliphatic heterocycles. The smallest absolute Gasteiger partial charge is 0.300 e. The van der Waals surface area contributed by atoms with Crippen LogP contribution in [-0.2, 0) is 9.59 Å². The fourth-order valence-electron chi connectivity index (χ4n) is 5.11. The maximum absolute atomic E-state index is 13.5. The summed E-state index contributed by atoms with van der Waals surface area (Å²) in [5.74, 6) is -0.849. The lowest BCUT2D eigenvalue weighted by Gasteiger charge is -2.27. The van der Waals surface area contributed by atoms with Crippen LogP contribution in [0, 0.1) is 6.92 Å². The lowest BCUT2D eigenvalue weighted by Crippen LogP contribution is -2.30. The summed E-state index contributed by atoms with van der Waals surface area (Å²) in [6.45, 7) is 10.7. The Hall–Kier alpha value is -4.06. The molecule has 3 aromatic carbocycles. The van der Waals surface area contributed by atoms with Crippen molar-refractivity contribution in [3.05, 3.63) is 95.1 Å². The summed E-state index contributed by atoms with van der Waals surface area (Å²) in [4.78, 5) is 30.7. The van der Waals surface area contributed by atoms with Crippen LogP contribution in [0.1, 0.15) is 62.8 Å². The number of amides is 1. The zero-order valence-electron chi connectivity index (χ0n) is 23.3. The number of aliphatic hydroxyl groups is 1. The normalized spacial score (nSPS) is 16.5. The molecule has 1 atom stereocenters. The maximum Gasteiger partial charge on any atom is 0.300 e. The minimum absolute atomic E-state index is 0.0822. The van der Waals surface area contributed by atoms with Crippen molar-refractivity contribution in [1.82, 2.24) is 0 Å². The van der Waals surface area contributed by atoms with Gasteiger partial charge in [0, 0.05) is 30.0 Å². The van der Waals surface area contributed by atoms with Crippen LogP contribution in [0.5, 0.6) is 5.75 Å². The van der Waals surface area contributed by atoms with E-state index in [0.29, 0.717) is 23.6 Å². The quantitative estimate of drug-likeness (QED) is 0.126. The molecule has 0 spiro atoms. The molecule has 0 saturated carbocycles. The fraction of sp³-hybridized carbons (Fsp3) is 0.333. The molecule has 1 fully saturated rings. The number of Topliss-reactive ketones (excluding diaryl/α,β-unsaturated/α-hetero) is 1. The van der Waals surface area contributed by atoms with Crippen LogP contribution in [0.3, 0.4) is 0 Å². The molecule has 0 aliphatic carbocycles. The zero-order valence-corrected chi connectivity index (χ0v) is 23.3. The molecule has 1 amide bonds.